The van der Waals surface area contributed by atoms with Gasteiger partial charge in [-0.3, -0.25) is 0 Å². The van der Waals surface area contributed by atoms with Crippen LogP contribution in [0, 0.1) is 11.8 Å². The van der Waals surface area contributed by atoms with E-state index in [1.165, 1.54) is 19.3 Å². The van der Waals surface area contributed by atoms with Crippen LogP contribution in [0.3, 0.4) is 0 Å². The zero-order chi connectivity index (χ0) is 8.85. The maximum atomic E-state index is 9.26. The van der Waals surface area contributed by atoms with E-state index in [4.69, 9.17) is 0 Å². The quantitative estimate of drug-likeness (QED) is 0.652. The van der Waals surface area contributed by atoms with Gasteiger partial charge in [0.2, 0.25) is 0 Å². The van der Waals surface area contributed by atoms with Crippen molar-refractivity contribution in [2.45, 2.75) is 53.1 Å². The van der Waals surface area contributed by atoms with Crippen LogP contribution in [0.15, 0.2) is 0 Å². The van der Waals surface area contributed by atoms with Crippen LogP contribution in [0.1, 0.15) is 47.0 Å². The van der Waals surface area contributed by atoms with Gasteiger partial charge in [-0.05, 0) is 25.2 Å². The summed E-state index contributed by atoms with van der Waals surface area (Å²) in [5, 5.41) is 9.26. The zero-order valence-electron chi connectivity index (χ0n) is 8.30. The van der Waals surface area contributed by atoms with Crippen molar-refractivity contribution in [3.63, 3.8) is 0 Å². The first-order valence-corrected chi connectivity index (χ1v) is 4.79. The summed E-state index contributed by atoms with van der Waals surface area (Å²) in [5.41, 5.74) is 0. The maximum absolute atomic E-state index is 9.26. The van der Waals surface area contributed by atoms with E-state index in [1.54, 1.807) is 0 Å². The van der Waals surface area contributed by atoms with E-state index >= 15 is 0 Å². The largest absolute Gasteiger partial charge is 0.393 e. The van der Waals surface area contributed by atoms with Crippen LogP contribution in [-0.4, -0.2) is 11.2 Å². The van der Waals surface area contributed by atoms with E-state index in [0.717, 1.165) is 5.92 Å². The topological polar surface area (TPSA) is 20.2 Å². The van der Waals surface area contributed by atoms with Crippen LogP contribution in [0.25, 0.3) is 0 Å². The van der Waals surface area contributed by atoms with Crippen LogP contribution >= 0.6 is 0 Å². The first kappa shape index (κ1) is 11.0. The first-order chi connectivity index (χ1) is 5.11. The molecule has 0 saturated carbocycles. The fourth-order valence-electron chi connectivity index (χ4n) is 1.34. The Morgan fingerprint density at radius 2 is 1.55 bits per heavy atom. The second-order valence-corrected chi connectivity index (χ2v) is 3.64. The third-order valence-corrected chi connectivity index (χ3v) is 2.68. The van der Waals surface area contributed by atoms with Crippen LogP contribution in [-0.2, 0) is 0 Å². The lowest BCUT2D eigenvalue weighted by atomic mass is 9.89. The van der Waals surface area contributed by atoms with Crippen molar-refractivity contribution in [2.24, 2.45) is 11.8 Å². The molecule has 1 N–H and O–H groups in total. The second-order valence-electron chi connectivity index (χ2n) is 3.64. The molecule has 0 radical (unpaired) electrons. The third-order valence-electron chi connectivity index (χ3n) is 2.68. The minimum Gasteiger partial charge on any atom is -0.393 e. The molecule has 0 aliphatic heterocycles. The third kappa shape index (κ3) is 4.41. The van der Waals surface area contributed by atoms with Crippen molar-refractivity contribution in [1.29, 1.82) is 0 Å². The zero-order valence-corrected chi connectivity index (χ0v) is 8.30. The molecule has 0 spiro atoms. The lowest BCUT2D eigenvalue weighted by molar-refractivity contribution is 0.117. The fraction of sp³-hybridized carbons (Fsp3) is 1.00. The van der Waals surface area contributed by atoms with E-state index in [0.29, 0.717) is 5.92 Å². The Morgan fingerprint density at radius 3 is 1.82 bits per heavy atom. The van der Waals surface area contributed by atoms with Gasteiger partial charge in [-0.25, -0.2) is 0 Å². The van der Waals surface area contributed by atoms with Gasteiger partial charge in [0.25, 0.3) is 0 Å². The molecule has 0 aromatic heterocycles. The minimum absolute atomic E-state index is 0.143. The van der Waals surface area contributed by atoms with Crippen molar-refractivity contribution in [1.82, 2.24) is 0 Å². The number of aliphatic hydroxyl groups is 1. The van der Waals surface area contributed by atoms with E-state index in [9.17, 15) is 5.11 Å². The Bertz CT molecular complexity index is 84.9. The molecule has 2 unspecified atom stereocenters. The Labute approximate surface area is 70.8 Å². The van der Waals surface area contributed by atoms with Gasteiger partial charge in [-0.15, -0.1) is 0 Å². The molecule has 0 aliphatic carbocycles. The minimum atomic E-state index is -0.143. The molecular weight excluding hydrogens is 136 g/mol. The van der Waals surface area contributed by atoms with Gasteiger partial charge in [-0.2, -0.15) is 0 Å². The highest BCUT2D eigenvalue weighted by Gasteiger charge is 2.13. The highest BCUT2D eigenvalue weighted by Crippen LogP contribution is 2.20. The predicted molar refractivity (Wildman–Crippen MR) is 49.5 cm³/mol. The summed E-state index contributed by atoms with van der Waals surface area (Å²) >= 11 is 0. The molecule has 0 aromatic rings. The molecule has 1 nitrogen and oxygen atoms in total. The summed E-state index contributed by atoms with van der Waals surface area (Å²) in [5.74, 6) is 1.26. The Kier molecular flexibility index (Phi) is 5.57. The maximum Gasteiger partial charge on any atom is 0.0537 e. The van der Waals surface area contributed by atoms with Crippen LogP contribution in [0.4, 0.5) is 0 Å². The Morgan fingerprint density at radius 1 is 1.09 bits per heavy atom. The van der Waals surface area contributed by atoms with Crippen LogP contribution in [0.5, 0.6) is 0 Å². The van der Waals surface area contributed by atoms with Gasteiger partial charge < -0.3 is 5.11 Å². The Balaban J connectivity index is 3.62. The SMILES string of the molecule is CCC(CC)CC(C)C(C)O. The first-order valence-electron chi connectivity index (χ1n) is 4.79. The second kappa shape index (κ2) is 5.59. The highest BCUT2D eigenvalue weighted by molar-refractivity contribution is 4.64. The van der Waals surface area contributed by atoms with Crippen molar-refractivity contribution in [3.8, 4) is 0 Å². The number of rotatable bonds is 5. The number of hydrogen-bond acceptors (Lipinski definition) is 1. The van der Waals surface area contributed by atoms with Crippen LogP contribution < -0.4 is 0 Å². The molecule has 0 fully saturated rings. The van der Waals surface area contributed by atoms with E-state index in [-0.39, 0.29) is 6.10 Å². The van der Waals surface area contributed by atoms with E-state index < -0.39 is 0 Å². The van der Waals surface area contributed by atoms with Crippen molar-refractivity contribution in [2.75, 3.05) is 0 Å². The van der Waals surface area contributed by atoms with Gasteiger partial charge in [-0.1, -0.05) is 33.6 Å². The monoisotopic (exact) mass is 158 g/mol. The summed E-state index contributed by atoms with van der Waals surface area (Å²) in [6.45, 7) is 8.46. The standard InChI is InChI=1S/C10H22O/c1-5-10(6-2)7-8(3)9(4)11/h8-11H,5-7H2,1-4H3. The average molecular weight is 158 g/mol. The van der Waals surface area contributed by atoms with Gasteiger partial charge >= 0.3 is 0 Å². The highest BCUT2D eigenvalue weighted by atomic mass is 16.3. The molecule has 11 heavy (non-hydrogen) atoms. The lowest BCUT2D eigenvalue weighted by Gasteiger charge is -2.20. The molecule has 0 heterocycles. The van der Waals surface area contributed by atoms with E-state index in [2.05, 4.69) is 20.8 Å². The summed E-state index contributed by atoms with van der Waals surface area (Å²) < 4.78 is 0. The molecule has 0 rings (SSSR count). The van der Waals surface area contributed by atoms with Crippen LogP contribution in [0.2, 0.25) is 0 Å². The number of hydrogen-bond donors (Lipinski definition) is 1. The summed E-state index contributed by atoms with van der Waals surface area (Å²) in [6.07, 6.45) is 3.52. The van der Waals surface area contributed by atoms with Gasteiger partial charge in [0.1, 0.15) is 0 Å². The molecule has 68 valence electrons. The van der Waals surface area contributed by atoms with Gasteiger partial charge in [0, 0.05) is 0 Å². The summed E-state index contributed by atoms with van der Waals surface area (Å²) in [4.78, 5) is 0. The molecule has 2 atom stereocenters. The molecular formula is C10H22O. The van der Waals surface area contributed by atoms with E-state index in [1.807, 2.05) is 6.92 Å². The molecule has 0 aliphatic rings. The number of aliphatic hydroxyl groups excluding tert-OH is 1. The summed E-state index contributed by atoms with van der Waals surface area (Å²) in [6, 6.07) is 0. The summed E-state index contributed by atoms with van der Waals surface area (Å²) in [7, 11) is 0. The average Bonchev–Trinajstić information content (AvgIpc) is 1.99. The lowest BCUT2D eigenvalue weighted by Crippen LogP contribution is -2.16. The Hall–Kier alpha value is -0.0400. The normalized spacial score (nSPS) is 16.9. The predicted octanol–water partition coefficient (Wildman–Crippen LogP) is 2.83. The van der Waals surface area contributed by atoms with Gasteiger partial charge in [0.15, 0.2) is 0 Å². The van der Waals surface area contributed by atoms with Gasteiger partial charge in [0.05, 0.1) is 6.10 Å². The van der Waals surface area contributed by atoms with Crippen molar-refractivity contribution in [3.05, 3.63) is 0 Å². The van der Waals surface area contributed by atoms with Crippen molar-refractivity contribution < 1.29 is 5.11 Å². The van der Waals surface area contributed by atoms with Crippen molar-refractivity contribution >= 4 is 0 Å². The molecule has 0 aromatic carbocycles. The molecule has 0 bridgehead atoms. The molecule has 0 amide bonds. The smallest absolute Gasteiger partial charge is 0.0537 e. The fourth-order valence-corrected chi connectivity index (χ4v) is 1.34. The molecule has 0 saturated heterocycles. The molecule has 1 heteroatoms.